The number of aryl methyl sites for hydroxylation is 2. The van der Waals surface area contributed by atoms with Crippen LogP contribution in [0.5, 0.6) is 5.75 Å². The molecule has 0 aliphatic carbocycles. The lowest BCUT2D eigenvalue weighted by Crippen LogP contribution is -2.27. The van der Waals surface area contributed by atoms with Gasteiger partial charge >= 0.3 is 5.97 Å². The van der Waals surface area contributed by atoms with Crippen LogP contribution >= 0.6 is 0 Å². The molecule has 6 rings (SSSR count). The second-order valence-corrected chi connectivity index (χ2v) is 9.76. The van der Waals surface area contributed by atoms with Crippen LogP contribution in [0.25, 0.3) is 33.2 Å². The molecule has 1 saturated heterocycles. The van der Waals surface area contributed by atoms with Crippen LogP contribution in [0, 0.1) is 12.8 Å². The Bertz CT molecular complexity index is 1630. The normalized spacial score (nSPS) is 15.2. The number of rotatable bonds is 6. The molecule has 1 unspecified atom stereocenters. The van der Waals surface area contributed by atoms with Crippen molar-refractivity contribution >= 4 is 27.9 Å². The number of carboxylic acid groups (broad SMARTS) is 1. The Kier molecular flexibility index (Phi) is 6.07. The molecule has 0 spiro atoms. The second kappa shape index (κ2) is 9.57. The third-order valence-corrected chi connectivity index (χ3v) is 7.59. The first-order valence-electron chi connectivity index (χ1n) is 12.7. The first-order chi connectivity index (χ1) is 18.5. The van der Waals surface area contributed by atoms with Gasteiger partial charge in [-0.2, -0.15) is 0 Å². The number of benzene rings is 2. The Hall–Kier alpha value is -4.24. The van der Waals surface area contributed by atoms with Crippen molar-refractivity contribution in [2.24, 2.45) is 13.0 Å². The molecule has 1 atom stereocenters. The quantitative estimate of drug-likeness (QED) is 0.341. The van der Waals surface area contributed by atoms with Gasteiger partial charge in [0, 0.05) is 37.4 Å². The van der Waals surface area contributed by atoms with E-state index in [4.69, 9.17) is 14.5 Å². The number of aromatic nitrogens is 5. The highest BCUT2D eigenvalue weighted by Crippen LogP contribution is 2.44. The zero-order valence-corrected chi connectivity index (χ0v) is 21.6. The number of aromatic carboxylic acids is 1. The van der Waals surface area contributed by atoms with Crippen molar-refractivity contribution in [2.75, 3.05) is 20.3 Å². The predicted octanol–water partition coefficient (Wildman–Crippen LogP) is 5.02. The van der Waals surface area contributed by atoms with Crippen molar-refractivity contribution < 1.29 is 19.4 Å². The van der Waals surface area contributed by atoms with Crippen LogP contribution in [0.15, 0.2) is 54.7 Å². The highest BCUT2D eigenvalue weighted by Gasteiger charge is 2.32. The zero-order chi connectivity index (χ0) is 26.4. The summed E-state index contributed by atoms with van der Waals surface area (Å²) in [5.41, 5.74) is 6.27. The minimum absolute atomic E-state index is 0.0825. The van der Waals surface area contributed by atoms with Crippen LogP contribution < -0.4 is 4.74 Å². The Morgan fingerprint density at radius 3 is 2.58 bits per heavy atom. The highest BCUT2D eigenvalue weighted by molar-refractivity contribution is 6.11. The van der Waals surface area contributed by atoms with Gasteiger partial charge in [-0.25, -0.2) is 9.48 Å². The van der Waals surface area contributed by atoms with Crippen LogP contribution in [0.1, 0.15) is 40.5 Å². The van der Waals surface area contributed by atoms with E-state index in [0.29, 0.717) is 19.0 Å². The lowest BCUT2D eigenvalue weighted by Gasteiger charge is -2.33. The number of ether oxygens (including phenoxy) is 2. The van der Waals surface area contributed by atoms with E-state index in [1.807, 2.05) is 44.4 Å². The maximum atomic E-state index is 12.2. The van der Waals surface area contributed by atoms with Crippen LogP contribution in [0.2, 0.25) is 0 Å². The van der Waals surface area contributed by atoms with Gasteiger partial charge in [0.2, 0.25) is 0 Å². The number of fused-ring (bicyclic) bond motifs is 3. The fourth-order valence-electron chi connectivity index (χ4n) is 5.93. The van der Waals surface area contributed by atoms with Gasteiger partial charge in [-0.05, 0) is 49.4 Å². The molecule has 4 heterocycles. The van der Waals surface area contributed by atoms with Gasteiger partial charge < -0.3 is 19.1 Å². The zero-order valence-electron chi connectivity index (χ0n) is 21.6. The molecule has 0 amide bonds. The van der Waals surface area contributed by atoms with E-state index in [9.17, 15) is 9.90 Å². The number of pyridine rings is 1. The van der Waals surface area contributed by atoms with E-state index < -0.39 is 5.97 Å². The Labute approximate surface area is 219 Å². The molecule has 1 N–H and O–H groups in total. The van der Waals surface area contributed by atoms with Gasteiger partial charge in [-0.3, -0.25) is 4.98 Å². The smallest absolute Gasteiger partial charge is 0.339 e. The first kappa shape index (κ1) is 24.1. The van der Waals surface area contributed by atoms with Gasteiger partial charge in [0.15, 0.2) is 5.75 Å². The molecule has 1 fully saturated rings. The molecule has 5 aromatic rings. The minimum Gasteiger partial charge on any atom is -0.494 e. The lowest BCUT2D eigenvalue weighted by atomic mass is 9.86. The second-order valence-electron chi connectivity index (χ2n) is 9.76. The maximum absolute atomic E-state index is 12.2. The molecule has 0 bridgehead atoms. The minimum atomic E-state index is -1.03. The van der Waals surface area contributed by atoms with Crippen molar-refractivity contribution in [3.8, 4) is 17.0 Å². The lowest BCUT2D eigenvalue weighted by molar-refractivity contribution is 0.0552. The van der Waals surface area contributed by atoms with Gasteiger partial charge in [-0.1, -0.05) is 35.5 Å². The van der Waals surface area contributed by atoms with E-state index in [2.05, 4.69) is 33.1 Å². The number of carbonyl (C=O) groups is 1. The maximum Gasteiger partial charge on any atom is 0.339 e. The Morgan fingerprint density at radius 1 is 1.16 bits per heavy atom. The van der Waals surface area contributed by atoms with E-state index >= 15 is 0 Å². The molecule has 1 aliphatic rings. The van der Waals surface area contributed by atoms with E-state index in [1.54, 1.807) is 10.7 Å². The Morgan fingerprint density at radius 2 is 1.92 bits per heavy atom. The number of carboxylic acids is 1. The summed E-state index contributed by atoms with van der Waals surface area (Å²) in [6.45, 7) is 3.30. The van der Waals surface area contributed by atoms with Gasteiger partial charge in [0.05, 0.1) is 41.1 Å². The largest absolute Gasteiger partial charge is 0.494 e. The van der Waals surface area contributed by atoms with Crippen LogP contribution in [0.4, 0.5) is 0 Å². The highest BCUT2D eigenvalue weighted by atomic mass is 16.5. The summed E-state index contributed by atoms with van der Waals surface area (Å²) in [6.07, 6.45) is 3.61. The number of nitrogens with zero attached hydrogens (tertiary/aromatic N) is 5. The van der Waals surface area contributed by atoms with Gasteiger partial charge in [-0.15, -0.1) is 5.10 Å². The molecule has 9 heteroatoms. The topological polar surface area (TPSA) is 104 Å². The fraction of sp³-hybridized carbons (Fsp3) is 0.310. The number of hydrogen-bond donors (Lipinski definition) is 1. The van der Waals surface area contributed by atoms with Crippen LogP contribution in [0.3, 0.4) is 0 Å². The summed E-state index contributed by atoms with van der Waals surface area (Å²) >= 11 is 0. The standard InChI is InChI=1S/C29H29N5O4/c1-17-25(33(2)32-31-17)20-15-23-24(30-16-20)21-9-10-22(29(35)36)28(37-3)27(21)34(23)26(18-7-5-4-6-8-18)19-11-13-38-14-12-19/h4-10,15-16,19,26H,11-14H2,1-3H3,(H,35,36). The van der Waals surface area contributed by atoms with Crippen LogP contribution in [-0.2, 0) is 11.8 Å². The fourth-order valence-corrected chi connectivity index (χ4v) is 5.93. The van der Waals surface area contributed by atoms with Gasteiger partial charge in [0.1, 0.15) is 5.56 Å². The van der Waals surface area contributed by atoms with Crippen molar-refractivity contribution in [2.45, 2.75) is 25.8 Å². The molecular weight excluding hydrogens is 482 g/mol. The summed E-state index contributed by atoms with van der Waals surface area (Å²) in [4.78, 5) is 17.2. The molecule has 194 valence electrons. The molecule has 1 aliphatic heterocycles. The summed E-state index contributed by atoms with van der Waals surface area (Å²) in [7, 11) is 3.39. The predicted molar refractivity (Wildman–Crippen MR) is 144 cm³/mol. The Balaban J connectivity index is 1.74. The average molecular weight is 512 g/mol. The monoisotopic (exact) mass is 511 g/mol. The van der Waals surface area contributed by atoms with Crippen molar-refractivity contribution in [1.29, 1.82) is 0 Å². The van der Waals surface area contributed by atoms with Crippen molar-refractivity contribution in [1.82, 2.24) is 24.5 Å². The third-order valence-electron chi connectivity index (χ3n) is 7.59. The molecule has 0 radical (unpaired) electrons. The summed E-state index contributed by atoms with van der Waals surface area (Å²) in [6, 6.07) is 15.9. The average Bonchev–Trinajstić information content (AvgIpc) is 3.45. The molecule has 38 heavy (non-hydrogen) atoms. The molecular formula is C29H29N5O4. The first-order valence-corrected chi connectivity index (χ1v) is 12.7. The SMILES string of the molecule is COc1c(C(=O)O)ccc2c3ncc(-c4c(C)nnn4C)cc3n(C(c3ccccc3)C3CCOCC3)c12. The van der Waals surface area contributed by atoms with E-state index in [-0.39, 0.29) is 17.5 Å². The molecule has 2 aromatic carbocycles. The van der Waals surface area contributed by atoms with Crippen molar-refractivity contribution in [3.05, 3.63) is 71.5 Å². The van der Waals surface area contributed by atoms with Crippen molar-refractivity contribution in [3.63, 3.8) is 0 Å². The molecule has 3 aromatic heterocycles. The number of hydrogen-bond acceptors (Lipinski definition) is 6. The summed E-state index contributed by atoms with van der Waals surface area (Å²) in [5.74, 6) is -0.430. The molecule has 0 saturated carbocycles. The summed E-state index contributed by atoms with van der Waals surface area (Å²) in [5, 5.41) is 19.3. The van der Waals surface area contributed by atoms with Gasteiger partial charge in [0.25, 0.3) is 0 Å². The third kappa shape index (κ3) is 3.81. The van der Waals surface area contributed by atoms with E-state index in [1.165, 1.54) is 7.11 Å². The molecule has 9 nitrogen and oxygen atoms in total. The summed E-state index contributed by atoms with van der Waals surface area (Å²) < 4.78 is 15.6. The van der Waals surface area contributed by atoms with Crippen LogP contribution in [-0.4, -0.2) is 55.9 Å². The van der Waals surface area contributed by atoms with E-state index in [0.717, 1.165) is 57.3 Å². The number of methoxy groups -OCH3 is 1.